The van der Waals surface area contributed by atoms with Gasteiger partial charge in [-0.15, -0.1) is 0 Å². The summed E-state index contributed by atoms with van der Waals surface area (Å²) in [5.41, 5.74) is 5.30. The van der Waals surface area contributed by atoms with Crippen molar-refractivity contribution < 1.29 is 0 Å². The Morgan fingerprint density at radius 3 is 3.00 bits per heavy atom. The molecule has 6 heteroatoms. The van der Waals surface area contributed by atoms with Crippen molar-refractivity contribution in [2.24, 2.45) is 0 Å². The van der Waals surface area contributed by atoms with Gasteiger partial charge in [0, 0.05) is 22.6 Å². The normalized spacial score (nSPS) is 9.55. The molecule has 1 aromatic heterocycles. The minimum Gasteiger partial charge on any atom is -0.367 e. The molecule has 1 rings (SSSR count). The van der Waals surface area contributed by atoms with Gasteiger partial charge in [-0.25, -0.2) is 0 Å². The quantitative estimate of drug-likeness (QED) is 0.832. The van der Waals surface area contributed by atoms with Gasteiger partial charge < -0.3 is 11.1 Å². The number of aromatic nitrogens is 2. The summed E-state index contributed by atoms with van der Waals surface area (Å²) in [6.07, 6.45) is 0. The van der Waals surface area contributed by atoms with Crippen LogP contribution < -0.4 is 11.1 Å². The summed E-state index contributed by atoms with van der Waals surface area (Å²) in [5, 5.41) is 3.69. The highest BCUT2D eigenvalue weighted by Gasteiger charge is 1.98. The van der Waals surface area contributed by atoms with Crippen molar-refractivity contribution in [3.05, 3.63) is 11.1 Å². The van der Waals surface area contributed by atoms with Crippen LogP contribution in [0.4, 0.5) is 11.1 Å². The first-order valence-corrected chi connectivity index (χ1v) is 4.41. The van der Waals surface area contributed by atoms with E-state index in [4.69, 9.17) is 5.73 Å². The molecule has 3 N–H and O–H groups in total. The number of nitrogens with two attached hydrogens (primary N) is 1. The summed E-state index contributed by atoms with van der Waals surface area (Å²) in [6, 6.07) is 0. The number of halogens is 1. The van der Waals surface area contributed by atoms with Crippen LogP contribution in [0.15, 0.2) is 11.1 Å². The molecule has 0 spiro atoms. The highest BCUT2D eigenvalue weighted by Crippen LogP contribution is 2.12. The largest absolute Gasteiger partial charge is 0.367 e. The predicted octanol–water partition coefficient (Wildman–Crippen LogP) is 1.44. The molecule has 0 saturated carbocycles. The van der Waals surface area contributed by atoms with Crippen molar-refractivity contribution in [3.63, 3.8) is 0 Å². The van der Waals surface area contributed by atoms with E-state index in [9.17, 15) is 0 Å². The molecule has 60 valence electrons. The Kier molecular flexibility index (Phi) is 2.84. The van der Waals surface area contributed by atoms with Crippen molar-refractivity contribution in [2.75, 3.05) is 17.6 Å². The Morgan fingerprint density at radius 1 is 1.82 bits per heavy atom. The molecule has 1 aromatic rings. The standard InChI is InChI=1S/C5H7BrN4S/c1-3(6)2-8-5-9-4(7)10-11-5/h1-2H2,(H3,7,8,9,10). The van der Waals surface area contributed by atoms with E-state index in [1.807, 2.05) is 0 Å². The summed E-state index contributed by atoms with van der Waals surface area (Å²) in [4.78, 5) is 3.89. The molecule has 11 heavy (non-hydrogen) atoms. The minimum atomic E-state index is 0.303. The van der Waals surface area contributed by atoms with Gasteiger partial charge in [-0.3, -0.25) is 0 Å². The van der Waals surface area contributed by atoms with Gasteiger partial charge in [0.05, 0.1) is 0 Å². The van der Waals surface area contributed by atoms with Gasteiger partial charge in [-0.05, 0) is 0 Å². The van der Waals surface area contributed by atoms with Crippen molar-refractivity contribution >= 4 is 38.5 Å². The lowest BCUT2D eigenvalue weighted by Crippen LogP contribution is -1.99. The van der Waals surface area contributed by atoms with E-state index in [0.29, 0.717) is 17.6 Å². The summed E-state index contributed by atoms with van der Waals surface area (Å²) < 4.78 is 4.66. The van der Waals surface area contributed by atoms with E-state index < -0.39 is 0 Å². The van der Waals surface area contributed by atoms with Crippen molar-refractivity contribution in [1.29, 1.82) is 0 Å². The van der Waals surface area contributed by atoms with Crippen LogP contribution in [0.5, 0.6) is 0 Å². The molecule has 0 unspecified atom stereocenters. The maximum atomic E-state index is 5.30. The first-order chi connectivity index (χ1) is 5.18. The average Bonchev–Trinajstić information content (AvgIpc) is 2.31. The monoisotopic (exact) mass is 234 g/mol. The Balaban J connectivity index is 2.45. The number of hydrogen-bond donors (Lipinski definition) is 2. The highest BCUT2D eigenvalue weighted by atomic mass is 79.9. The molecule has 0 saturated heterocycles. The number of rotatable bonds is 3. The molecule has 1 heterocycles. The third-order valence-electron chi connectivity index (χ3n) is 0.873. The second-order valence-electron chi connectivity index (χ2n) is 1.83. The molecule has 0 atom stereocenters. The Morgan fingerprint density at radius 2 is 2.55 bits per heavy atom. The van der Waals surface area contributed by atoms with Crippen LogP contribution in [0.2, 0.25) is 0 Å². The van der Waals surface area contributed by atoms with Gasteiger partial charge in [0.2, 0.25) is 11.1 Å². The van der Waals surface area contributed by atoms with Crippen LogP contribution in [0.25, 0.3) is 0 Å². The number of nitrogen functional groups attached to an aromatic ring is 1. The number of nitrogens with one attached hydrogen (secondary N) is 1. The van der Waals surface area contributed by atoms with Crippen molar-refractivity contribution in [2.45, 2.75) is 0 Å². The van der Waals surface area contributed by atoms with Crippen molar-refractivity contribution in [3.8, 4) is 0 Å². The molecular weight excluding hydrogens is 228 g/mol. The van der Waals surface area contributed by atoms with Gasteiger partial charge in [0.15, 0.2) is 0 Å². The second kappa shape index (κ2) is 3.68. The van der Waals surface area contributed by atoms with E-state index in [1.54, 1.807) is 0 Å². The Bertz CT molecular complexity index is 259. The van der Waals surface area contributed by atoms with Crippen LogP contribution in [-0.2, 0) is 0 Å². The fraction of sp³-hybridized carbons (Fsp3) is 0.200. The lowest BCUT2D eigenvalue weighted by atomic mass is 10.6. The van der Waals surface area contributed by atoms with E-state index in [1.165, 1.54) is 11.5 Å². The number of anilines is 2. The number of hydrogen-bond acceptors (Lipinski definition) is 5. The smallest absolute Gasteiger partial charge is 0.233 e. The van der Waals surface area contributed by atoms with Gasteiger partial charge in [0.1, 0.15) is 0 Å². The van der Waals surface area contributed by atoms with Crippen LogP contribution in [0.1, 0.15) is 0 Å². The lowest BCUT2D eigenvalue weighted by Gasteiger charge is -1.96. The zero-order valence-corrected chi connectivity index (χ0v) is 8.07. The number of nitrogens with zero attached hydrogens (tertiary/aromatic N) is 2. The molecule has 0 radical (unpaired) electrons. The molecular formula is C5H7BrN4S. The third kappa shape index (κ3) is 2.85. The van der Waals surface area contributed by atoms with Crippen molar-refractivity contribution in [1.82, 2.24) is 9.36 Å². The summed E-state index contributed by atoms with van der Waals surface area (Å²) in [6.45, 7) is 4.29. The van der Waals surface area contributed by atoms with E-state index in [-0.39, 0.29) is 0 Å². The molecule has 0 fully saturated rings. The maximum Gasteiger partial charge on any atom is 0.233 e. The van der Waals surface area contributed by atoms with Gasteiger partial charge in [-0.2, -0.15) is 9.36 Å². The molecule has 0 aliphatic carbocycles. The SMILES string of the molecule is C=C(Br)CNc1nc(N)ns1. The summed E-state index contributed by atoms with van der Waals surface area (Å²) in [5.74, 6) is 0.303. The van der Waals surface area contributed by atoms with Crippen LogP contribution in [-0.4, -0.2) is 15.9 Å². The van der Waals surface area contributed by atoms with E-state index in [2.05, 4.69) is 37.2 Å². The summed E-state index contributed by atoms with van der Waals surface area (Å²) in [7, 11) is 0. The van der Waals surface area contributed by atoms with Crippen LogP contribution >= 0.6 is 27.5 Å². The molecule has 0 aromatic carbocycles. The zero-order valence-electron chi connectivity index (χ0n) is 5.67. The second-order valence-corrected chi connectivity index (χ2v) is 3.70. The fourth-order valence-electron chi connectivity index (χ4n) is 0.478. The van der Waals surface area contributed by atoms with Gasteiger partial charge in [-0.1, -0.05) is 22.5 Å². The lowest BCUT2D eigenvalue weighted by molar-refractivity contribution is 1.26. The Hall–Kier alpha value is -0.620. The van der Waals surface area contributed by atoms with E-state index >= 15 is 0 Å². The first kappa shape index (κ1) is 8.48. The zero-order chi connectivity index (χ0) is 8.27. The molecule has 0 amide bonds. The third-order valence-corrected chi connectivity index (χ3v) is 1.84. The van der Waals surface area contributed by atoms with Gasteiger partial charge >= 0.3 is 0 Å². The topological polar surface area (TPSA) is 63.8 Å². The molecule has 0 bridgehead atoms. The average molecular weight is 235 g/mol. The maximum absolute atomic E-state index is 5.30. The van der Waals surface area contributed by atoms with Crippen LogP contribution in [0, 0.1) is 0 Å². The van der Waals surface area contributed by atoms with Gasteiger partial charge in [0.25, 0.3) is 0 Å². The van der Waals surface area contributed by atoms with Crippen LogP contribution in [0.3, 0.4) is 0 Å². The summed E-state index contributed by atoms with van der Waals surface area (Å²) >= 11 is 4.44. The highest BCUT2D eigenvalue weighted by molar-refractivity contribution is 9.11. The van der Waals surface area contributed by atoms with E-state index in [0.717, 1.165) is 4.48 Å². The fourth-order valence-corrected chi connectivity index (χ4v) is 1.11. The molecule has 0 aliphatic heterocycles. The Labute approximate surface area is 76.8 Å². The minimum absolute atomic E-state index is 0.303. The predicted molar refractivity (Wildman–Crippen MR) is 50.9 cm³/mol. The first-order valence-electron chi connectivity index (χ1n) is 2.85. The molecule has 0 aliphatic rings. The molecule has 4 nitrogen and oxygen atoms in total.